The lowest BCUT2D eigenvalue weighted by Crippen LogP contribution is -2.44. The normalized spacial score (nSPS) is 11.4. The number of ether oxygens (including phenoxy) is 1. The Bertz CT molecular complexity index is 568. The largest absolute Gasteiger partial charge is 0.453 e. The molecule has 0 aromatic heterocycles. The van der Waals surface area contributed by atoms with Crippen LogP contribution in [0, 0.1) is 0 Å². The SMILES string of the molecule is CCNC(=O)NC(=O)C(C)OC(=O)CCSc1ccccc1Cl. The molecule has 0 heterocycles. The molecule has 0 aliphatic carbocycles. The summed E-state index contributed by atoms with van der Waals surface area (Å²) in [6.45, 7) is 3.53. The van der Waals surface area contributed by atoms with Crippen LogP contribution in [0.15, 0.2) is 29.2 Å². The molecule has 0 saturated carbocycles. The third kappa shape index (κ3) is 7.38. The fraction of sp³-hybridized carbons (Fsp3) is 0.400. The van der Waals surface area contributed by atoms with Crippen LogP contribution in [0.1, 0.15) is 20.3 Å². The van der Waals surface area contributed by atoms with Gasteiger partial charge in [0.15, 0.2) is 6.10 Å². The molecule has 2 N–H and O–H groups in total. The lowest BCUT2D eigenvalue weighted by atomic mass is 10.3. The molecule has 126 valence electrons. The van der Waals surface area contributed by atoms with Gasteiger partial charge in [-0.3, -0.25) is 14.9 Å². The summed E-state index contributed by atoms with van der Waals surface area (Å²) in [6.07, 6.45) is -0.898. The number of carbonyl (C=O) groups excluding carboxylic acids is 3. The summed E-state index contributed by atoms with van der Waals surface area (Å²) in [7, 11) is 0. The first-order valence-electron chi connectivity index (χ1n) is 7.09. The quantitative estimate of drug-likeness (QED) is 0.578. The number of esters is 1. The summed E-state index contributed by atoms with van der Waals surface area (Å²) in [5, 5.41) is 5.13. The third-order valence-corrected chi connectivity index (χ3v) is 4.17. The number of urea groups is 1. The van der Waals surface area contributed by atoms with Crippen molar-refractivity contribution in [1.29, 1.82) is 0 Å². The van der Waals surface area contributed by atoms with Crippen molar-refractivity contribution in [2.24, 2.45) is 0 Å². The van der Waals surface area contributed by atoms with Crippen LogP contribution in [0.4, 0.5) is 4.79 Å². The van der Waals surface area contributed by atoms with Crippen molar-refractivity contribution in [3.05, 3.63) is 29.3 Å². The van der Waals surface area contributed by atoms with Gasteiger partial charge in [-0.1, -0.05) is 23.7 Å². The average Bonchev–Trinajstić information content (AvgIpc) is 2.49. The molecule has 1 unspecified atom stereocenters. The predicted molar refractivity (Wildman–Crippen MR) is 89.6 cm³/mol. The molecule has 0 aliphatic rings. The Hall–Kier alpha value is -1.73. The zero-order valence-electron chi connectivity index (χ0n) is 12.9. The number of carbonyl (C=O) groups is 3. The average molecular weight is 359 g/mol. The minimum absolute atomic E-state index is 0.134. The highest BCUT2D eigenvalue weighted by Gasteiger charge is 2.19. The molecule has 23 heavy (non-hydrogen) atoms. The van der Waals surface area contributed by atoms with Gasteiger partial charge in [0.05, 0.1) is 11.4 Å². The molecule has 0 saturated heterocycles. The van der Waals surface area contributed by atoms with Crippen LogP contribution in [-0.4, -0.2) is 36.3 Å². The fourth-order valence-corrected chi connectivity index (χ4v) is 2.70. The van der Waals surface area contributed by atoms with Crippen molar-refractivity contribution in [2.75, 3.05) is 12.3 Å². The molecule has 1 rings (SSSR count). The van der Waals surface area contributed by atoms with Gasteiger partial charge in [0, 0.05) is 17.2 Å². The summed E-state index contributed by atoms with van der Waals surface area (Å²) in [4.78, 5) is 35.4. The van der Waals surface area contributed by atoms with E-state index in [4.69, 9.17) is 16.3 Å². The van der Waals surface area contributed by atoms with Crippen LogP contribution < -0.4 is 10.6 Å². The third-order valence-electron chi connectivity index (χ3n) is 2.65. The summed E-state index contributed by atoms with van der Waals surface area (Å²) < 4.78 is 4.98. The van der Waals surface area contributed by atoms with Crippen LogP contribution in [0.5, 0.6) is 0 Å². The second-order valence-electron chi connectivity index (χ2n) is 4.51. The maximum Gasteiger partial charge on any atom is 0.321 e. The van der Waals surface area contributed by atoms with Crippen LogP contribution in [0.3, 0.4) is 0 Å². The standard InChI is InChI=1S/C15H19ClN2O4S/c1-3-17-15(21)18-14(20)10(2)22-13(19)8-9-23-12-7-5-4-6-11(12)16/h4-7,10H,3,8-9H2,1-2H3,(H2,17,18,20,21). The smallest absolute Gasteiger partial charge is 0.321 e. The van der Waals surface area contributed by atoms with Gasteiger partial charge in [-0.15, -0.1) is 11.8 Å². The van der Waals surface area contributed by atoms with Crippen molar-refractivity contribution >= 4 is 41.3 Å². The number of rotatable bonds is 7. The van der Waals surface area contributed by atoms with Crippen LogP contribution in [0.25, 0.3) is 0 Å². The molecule has 1 atom stereocenters. The number of halogens is 1. The van der Waals surface area contributed by atoms with Gasteiger partial charge >= 0.3 is 12.0 Å². The van der Waals surface area contributed by atoms with Gasteiger partial charge in [-0.05, 0) is 26.0 Å². The van der Waals surface area contributed by atoms with Crippen molar-refractivity contribution in [1.82, 2.24) is 10.6 Å². The van der Waals surface area contributed by atoms with E-state index in [0.29, 0.717) is 17.3 Å². The summed E-state index contributed by atoms with van der Waals surface area (Å²) in [5.41, 5.74) is 0. The van der Waals surface area contributed by atoms with E-state index in [-0.39, 0.29) is 6.42 Å². The van der Waals surface area contributed by atoms with E-state index in [9.17, 15) is 14.4 Å². The monoisotopic (exact) mass is 358 g/mol. The number of thioether (sulfide) groups is 1. The predicted octanol–water partition coefficient (Wildman–Crippen LogP) is 2.60. The lowest BCUT2D eigenvalue weighted by molar-refractivity contribution is -0.154. The second kappa shape index (κ2) is 10.1. The van der Waals surface area contributed by atoms with Gasteiger partial charge < -0.3 is 10.1 Å². The first-order chi connectivity index (χ1) is 10.9. The molecule has 0 bridgehead atoms. The highest BCUT2D eigenvalue weighted by molar-refractivity contribution is 7.99. The molecule has 3 amide bonds. The highest BCUT2D eigenvalue weighted by atomic mass is 35.5. The van der Waals surface area contributed by atoms with Crippen LogP contribution in [-0.2, 0) is 14.3 Å². The van der Waals surface area contributed by atoms with E-state index < -0.39 is 24.0 Å². The van der Waals surface area contributed by atoms with E-state index in [1.807, 2.05) is 18.2 Å². The Labute approximate surface area is 144 Å². The van der Waals surface area contributed by atoms with E-state index in [0.717, 1.165) is 4.90 Å². The minimum atomic E-state index is -1.03. The van der Waals surface area contributed by atoms with Crippen molar-refractivity contribution in [3.8, 4) is 0 Å². The zero-order chi connectivity index (χ0) is 17.2. The number of hydrogen-bond acceptors (Lipinski definition) is 5. The van der Waals surface area contributed by atoms with Crippen LogP contribution in [0.2, 0.25) is 5.02 Å². The van der Waals surface area contributed by atoms with Gasteiger partial charge in [-0.2, -0.15) is 0 Å². The molecule has 1 aromatic carbocycles. The van der Waals surface area contributed by atoms with E-state index >= 15 is 0 Å². The van der Waals surface area contributed by atoms with Gasteiger partial charge in [0.2, 0.25) is 0 Å². The maximum atomic E-state index is 11.7. The highest BCUT2D eigenvalue weighted by Crippen LogP contribution is 2.26. The first-order valence-corrected chi connectivity index (χ1v) is 8.46. The molecule has 8 heteroatoms. The van der Waals surface area contributed by atoms with Gasteiger partial charge in [-0.25, -0.2) is 4.79 Å². The second-order valence-corrected chi connectivity index (χ2v) is 6.05. The molecule has 6 nitrogen and oxygen atoms in total. The maximum absolute atomic E-state index is 11.7. The zero-order valence-corrected chi connectivity index (χ0v) is 14.5. The van der Waals surface area contributed by atoms with E-state index in [1.54, 1.807) is 13.0 Å². The number of hydrogen-bond donors (Lipinski definition) is 2. The Kier molecular flexibility index (Phi) is 8.50. The Morgan fingerprint density at radius 2 is 2.00 bits per heavy atom. The Balaban J connectivity index is 2.31. The number of benzene rings is 1. The topological polar surface area (TPSA) is 84.5 Å². The first kappa shape index (κ1) is 19.3. The molecule has 0 aliphatic heterocycles. The Morgan fingerprint density at radius 3 is 2.65 bits per heavy atom. The van der Waals surface area contributed by atoms with Crippen molar-refractivity contribution < 1.29 is 19.1 Å². The lowest BCUT2D eigenvalue weighted by Gasteiger charge is -2.13. The van der Waals surface area contributed by atoms with E-state index in [2.05, 4.69) is 10.6 Å². The summed E-state index contributed by atoms with van der Waals surface area (Å²) in [5.74, 6) is -0.695. The fourth-order valence-electron chi connectivity index (χ4n) is 1.53. The molecule has 0 fully saturated rings. The number of imide groups is 1. The molecular weight excluding hydrogens is 340 g/mol. The Morgan fingerprint density at radius 1 is 1.30 bits per heavy atom. The van der Waals surface area contributed by atoms with Gasteiger partial charge in [0.25, 0.3) is 5.91 Å². The van der Waals surface area contributed by atoms with E-state index in [1.165, 1.54) is 18.7 Å². The number of nitrogens with one attached hydrogen (secondary N) is 2. The summed E-state index contributed by atoms with van der Waals surface area (Å²) >= 11 is 7.44. The molecule has 1 aromatic rings. The van der Waals surface area contributed by atoms with Crippen molar-refractivity contribution in [3.63, 3.8) is 0 Å². The molecule has 0 spiro atoms. The molecular formula is C15H19ClN2O4S. The van der Waals surface area contributed by atoms with Crippen molar-refractivity contribution in [2.45, 2.75) is 31.3 Å². The van der Waals surface area contributed by atoms with Gasteiger partial charge in [0.1, 0.15) is 0 Å². The van der Waals surface area contributed by atoms with Crippen LogP contribution >= 0.6 is 23.4 Å². The minimum Gasteiger partial charge on any atom is -0.453 e. The summed E-state index contributed by atoms with van der Waals surface area (Å²) in [6, 6.07) is 6.71. The number of amides is 3. The molecule has 0 radical (unpaired) electrons.